The highest BCUT2D eigenvalue weighted by atomic mass is 16.5. The normalized spacial score (nSPS) is 19.4. The molecule has 4 nitrogen and oxygen atoms in total. The standard InChI is InChI=1S/C12H22O4/c1-12(11(13)14,10-4-5-10)6-3-7-16-9-8-15-2/h10H,3-9H2,1-2H3,(H,13,14). The molecule has 0 aromatic carbocycles. The van der Waals surface area contributed by atoms with Gasteiger partial charge in [-0.15, -0.1) is 0 Å². The molecule has 16 heavy (non-hydrogen) atoms. The summed E-state index contributed by atoms with van der Waals surface area (Å²) in [5.41, 5.74) is -0.537. The first kappa shape index (κ1) is 13.5. The maximum Gasteiger partial charge on any atom is 0.309 e. The first-order chi connectivity index (χ1) is 7.61. The predicted octanol–water partition coefficient (Wildman–Crippen LogP) is 1.93. The van der Waals surface area contributed by atoms with E-state index in [1.807, 2.05) is 6.92 Å². The van der Waals surface area contributed by atoms with E-state index in [1.165, 1.54) is 0 Å². The molecule has 1 rings (SSSR count). The molecule has 0 spiro atoms. The van der Waals surface area contributed by atoms with Gasteiger partial charge in [-0.3, -0.25) is 4.79 Å². The van der Waals surface area contributed by atoms with E-state index in [0.717, 1.165) is 19.3 Å². The molecule has 1 aliphatic carbocycles. The van der Waals surface area contributed by atoms with E-state index in [-0.39, 0.29) is 0 Å². The highest BCUT2D eigenvalue weighted by molar-refractivity contribution is 5.75. The van der Waals surface area contributed by atoms with Gasteiger partial charge < -0.3 is 14.6 Å². The molecule has 0 aromatic heterocycles. The molecule has 1 saturated carbocycles. The molecule has 1 atom stereocenters. The Kier molecular flexibility index (Phi) is 5.22. The van der Waals surface area contributed by atoms with Crippen LogP contribution in [0.15, 0.2) is 0 Å². The third-order valence-electron chi connectivity index (χ3n) is 3.38. The van der Waals surface area contributed by atoms with Crippen molar-refractivity contribution in [3.05, 3.63) is 0 Å². The average Bonchev–Trinajstić information content (AvgIpc) is 3.06. The second-order valence-corrected chi connectivity index (χ2v) is 4.71. The lowest BCUT2D eigenvalue weighted by molar-refractivity contribution is -0.150. The van der Waals surface area contributed by atoms with Gasteiger partial charge >= 0.3 is 5.97 Å². The Morgan fingerprint density at radius 1 is 1.38 bits per heavy atom. The van der Waals surface area contributed by atoms with Crippen LogP contribution < -0.4 is 0 Å². The summed E-state index contributed by atoms with van der Waals surface area (Å²) in [5, 5.41) is 9.22. The predicted molar refractivity (Wildman–Crippen MR) is 60.4 cm³/mol. The molecule has 0 aliphatic heterocycles. The van der Waals surface area contributed by atoms with Crippen molar-refractivity contribution in [2.24, 2.45) is 11.3 Å². The zero-order valence-electron chi connectivity index (χ0n) is 10.2. The van der Waals surface area contributed by atoms with E-state index >= 15 is 0 Å². The van der Waals surface area contributed by atoms with E-state index in [4.69, 9.17) is 9.47 Å². The average molecular weight is 230 g/mol. The molecule has 0 saturated heterocycles. The molecule has 1 aliphatic rings. The van der Waals surface area contributed by atoms with Crippen LogP contribution in [-0.2, 0) is 14.3 Å². The highest BCUT2D eigenvalue weighted by Gasteiger charge is 2.46. The van der Waals surface area contributed by atoms with Crippen molar-refractivity contribution >= 4 is 5.97 Å². The molecule has 1 fully saturated rings. The van der Waals surface area contributed by atoms with E-state index in [9.17, 15) is 9.90 Å². The number of ether oxygens (including phenoxy) is 2. The van der Waals surface area contributed by atoms with Crippen molar-refractivity contribution in [3.8, 4) is 0 Å². The molecule has 4 heteroatoms. The number of aliphatic carboxylic acids is 1. The van der Waals surface area contributed by atoms with Gasteiger partial charge in [0.2, 0.25) is 0 Å². The van der Waals surface area contributed by atoms with Crippen LogP contribution in [0.3, 0.4) is 0 Å². The Morgan fingerprint density at radius 2 is 2.06 bits per heavy atom. The molecule has 0 radical (unpaired) electrons. The lowest BCUT2D eigenvalue weighted by Gasteiger charge is -2.24. The first-order valence-corrected chi connectivity index (χ1v) is 5.91. The molecule has 0 heterocycles. The molecule has 0 aromatic rings. The van der Waals surface area contributed by atoms with Crippen molar-refractivity contribution in [2.45, 2.75) is 32.6 Å². The number of carbonyl (C=O) groups is 1. The van der Waals surface area contributed by atoms with Crippen LogP contribution in [0, 0.1) is 11.3 Å². The summed E-state index contributed by atoms with van der Waals surface area (Å²) in [7, 11) is 1.64. The van der Waals surface area contributed by atoms with Gasteiger partial charge in [-0.25, -0.2) is 0 Å². The molecule has 0 amide bonds. The number of carboxylic acids is 1. The van der Waals surface area contributed by atoms with Crippen LogP contribution in [0.25, 0.3) is 0 Å². The van der Waals surface area contributed by atoms with Crippen LogP contribution in [0.4, 0.5) is 0 Å². The summed E-state index contributed by atoms with van der Waals surface area (Å²) in [6.07, 6.45) is 3.64. The van der Waals surface area contributed by atoms with Crippen LogP contribution in [-0.4, -0.2) is 38.0 Å². The van der Waals surface area contributed by atoms with Crippen molar-refractivity contribution in [1.82, 2.24) is 0 Å². The lowest BCUT2D eigenvalue weighted by atomic mass is 9.80. The van der Waals surface area contributed by atoms with E-state index in [1.54, 1.807) is 7.11 Å². The second-order valence-electron chi connectivity index (χ2n) is 4.71. The quantitative estimate of drug-likeness (QED) is 0.615. The summed E-state index contributed by atoms with van der Waals surface area (Å²) in [5.74, 6) is -0.282. The van der Waals surface area contributed by atoms with E-state index in [0.29, 0.717) is 32.2 Å². The summed E-state index contributed by atoms with van der Waals surface area (Å²) in [6.45, 7) is 3.67. The molecular formula is C12H22O4. The largest absolute Gasteiger partial charge is 0.481 e. The van der Waals surface area contributed by atoms with Gasteiger partial charge in [0, 0.05) is 13.7 Å². The topological polar surface area (TPSA) is 55.8 Å². The third-order valence-corrected chi connectivity index (χ3v) is 3.38. The number of hydrogen-bond donors (Lipinski definition) is 1. The van der Waals surface area contributed by atoms with Gasteiger partial charge in [-0.05, 0) is 38.5 Å². The van der Waals surface area contributed by atoms with Gasteiger partial charge in [0.05, 0.1) is 18.6 Å². The van der Waals surface area contributed by atoms with Gasteiger partial charge in [-0.2, -0.15) is 0 Å². The van der Waals surface area contributed by atoms with Gasteiger partial charge in [0.25, 0.3) is 0 Å². The van der Waals surface area contributed by atoms with Crippen LogP contribution in [0.5, 0.6) is 0 Å². The maximum atomic E-state index is 11.2. The van der Waals surface area contributed by atoms with Gasteiger partial charge in [0.15, 0.2) is 0 Å². The Balaban J connectivity index is 2.16. The first-order valence-electron chi connectivity index (χ1n) is 5.91. The van der Waals surface area contributed by atoms with E-state index in [2.05, 4.69) is 0 Å². The number of carboxylic acid groups (broad SMARTS) is 1. The second kappa shape index (κ2) is 6.21. The summed E-state index contributed by atoms with van der Waals surface area (Å²) >= 11 is 0. The zero-order valence-corrected chi connectivity index (χ0v) is 10.2. The van der Waals surface area contributed by atoms with Crippen molar-refractivity contribution in [3.63, 3.8) is 0 Å². The van der Waals surface area contributed by atoms with Gasteiger partial charge in [-0.1, -0.05) is 0 Å². The number of rotatable bonds is 9. The highest BCUT2D eigenvalue weighted by Crippen LogP contribution is 2.48. The number of methoxy groups -OCH3 is 1. The van der Waals surface area contributed by atoms with Crippen LogP contribution in [0.1, 0.15) is 32.6 Å². The third kappa shape index (κ3) is 3.76. The molecule has 1 N–H and O–H groups in total. The Morgan fingerprint density at radius 3 is 2.56 bits per heavy atom. The minimum absolute atomic E-state index is 0.379. The minimum Gasteiger partial charge on any atom is -0.481 e. The zero-order chi connectivity index (χ0) is 12.0. The van der Waals surface area contributed by atoms with Crippen LogP contribution in [0.2, 0.25) is 0 Å². The molecular weight excluding hydrogens is 208 g/mol. The SMILES string of the molecule is COCCOCCCC(C)(C(=O)O)C1CC1. The summed E-state index contributed by atoms with van der Waals surface area (Å²) in [6, 6.07) is 0. The van der Waals surface area contributed by atoms with Crippen LogP contribution >= 0.6 is 0 Å². The summed E-state index contributed by atoms with van der Waals surface area (Å²) < 4.78 is 10.2. The number of hydrogen-bond acceptors (Lipinski definition) is 3. The molecule has 94 valence electrons. The molecule has 0 bridgehead atoms. The Hall–Kier alpha value is -0.610. The Labute approximate surface area is 96.9 Å². The van der Waals surface area contributed by atoms with Gasteiger partial charge in [0.1, 0.15) is 0 Å². The molecule has 1 unspecified atom stereocenters. The smallest absolute Gasteiger partial charge is 0.309 e. The van der Waals surface area contributed by atoms with Crippen molar-refractivity contribution < 1.29 is 19.4 Å². The fourth-order valence-electron chi connectivity index (χ4n) is 1.99. The Bertz CT molecular complexity index is 225. The lowest BCUT2D eigenvalue weighted by Crippen LogP contribution is -2.30. The fraction of sp³-hybridized carbons (Fsp3) is 0.917. The van der Waals surface area contributed by atoms with E-state index < -0.39 is 11.4 Å². The van der Waals surface area contributed by atoms with Crippen molar-refractivity contribution in [1.29, 1.82) is 0 Å². The summed E-state index contributed by atoms with van der Waals surface area (Å²) in [4.78, 5) is 11.2. The fourth-order valence-corrected chi connectivity index (χ4v) is 1.99. The maximum absolute atomic E-state index is 11.2. The monoisotopic (exact) mass is 230 g/mol. The minimum atomic E-state index is -0.660. The van der Waals surface area contributed by atoms with Crippen molar-refractivity contribution in [2.75, 3.05) is 26.9 Å².